The number of pyridine rings is 2. The van der Waals surface area contributed by atoms with Crippen molar-refractivity contribution in [2.24, 2.45) is 0 Å². The molecule has 0 aliphatic carbocycles. The van der Waals surface area contributed by atoms with Crippen LogP contribution >= 0.6 is 11.3 Å². The van der Waals surface area contributed by atoms with E-state index in [1.807, 2.05) is 61.6 Å². The number of thiophene rings is 1. The molecule has 0 unspecified atom stereocenters. The van der Waals surface area contributed by atoms with Crippen LogP contribution in [0.1, 0.15) is 37.8 Å². The molecule has 1 radical (unpaired) electrons. The molecule has 7 rings (SSSR count). The molecule has 3 heterocycles. The fourth-order valence-electron chi connectivity index (χ4n) is 5.92. The predicted molar refractivity (Wildman–Crippen MR) is 202 cm³/mol. The number of hydrogen-bond acceptors (Lipinski definition) is 3. The maximum Gasteiger partial charge on any atom is 0.0346 e. The fraction of sp³-hybridized carbons (Fsp3) is 0.190. The Balaban J connectivity index is 0.000000214. The second-order valence-corrected chi connectivity index (χ2v) is 24.7. The summed E-state index contributed by atoms with van der Waals surface area (Å²) < 4.78 is 12.4. The van der Waals surface area contributed by atoms with E-state index in [4.69, 9.17) is 1.37 Å². The Kier molecular flexibility index (Phi) is 10.5. The SMILES string of the molecule is Cc1cc(-c2[c-]cccc2)nc[c]1[Ge]([CH3])([CH3])[CH3].[2H]C(C)(C)c1ccnc(-c2[c-]ccc3c2sc2c(C)cc(-c4ccccc4)cc23)c1.[Ir]. The van der Waals surface area contributed by atoms with Crippen molar-refractivity contribution >= 4 is 49.2 Å². The first-order valence-electron chi connectivity index (χ1n) is 16.2. The second kappa shape index (κ2) is 14.8. The van der Waals surface area contributed by atoms with Crippen LogP contribution in [0.2, 0.25) is 17.3 Å². The molecule has 0 atom stereocenters. The molecule has 0 amide bonds. The number of rotatable bonds is 5. The molecule has 0 bridgehead atoms. The van der Waals surface area contributed by atoms with Crippen LogP contribution in [0.15, 0.2) is 109 Å². The molecule has 0 spiro atoms. The van der Waals surface area contributed by atoms with Gasteiger partial charge in [0.15, 0.2) is 0 Å². The van der Waals surface area contributed by atoms with Gasteiger partial charge in [-0.25, -0.2) is 0 Å². The summed E-state index contributed by atoms with van der Waals surface area (Å²) in [6, 6.07) is 40.1. The summed E-state index contributed by atoms with van der Waals surface area (Å²) in [7, 11) is 0. The van der Waals surface area contributed by atoms with Crippen molar-refractivity contribution in [3.8, 4) is 33.6 Å². The Morgan fingerprint density at radius 3 is 2.17 bits per heavy atom. The molecule has 7 aromatic rings. The van der Waals surface area contributed by atoms with Gasteiger partial charge in [0.1, 0.15) is 0 Å². The molecule has 0 aliphatic rings. The van der Waals surface area contributed by atoms with Gasteiger partial charge in [0.2, 0.25) is 0 Å². The number of benzene rings is 4. The summed E-state index contributed by atoms with van der Waals surface area (Å²) in [6.07, 6.45) is 3.88. The van der Waals surface area contributed by atoms with Crippen molar-refractivity contribution in [1.29, 1.82) is 0 Å². The average molecular weight is 871 g/mol. The van der Waals surface area contributed by atoms with Gasteiger partial charge < -0.3 is 4.98 Å². The summed E-state index contributed by atoms with van der Waals surface area (Å²) in [5.41, 5.74) is 10.1. The Bertz CT molecular complexity index is 2180. The number of nitrogens with zero attached hydrogens (tertiary/aromatic N) is 2. The van der Waals surface area contributed by atoms with E-state index in [1.54, 1.807) is 6.20 Å². The van der Waals surface area contributed by atoms with Crippen molar-refractivity contribution < 1.29 is 21.5 Å². The first kappa shape index (κ1) is 33.5. The van der Waals surface area contributed by atoms with Crippen LogP contribution in [0.4, 0.5) is 0 Å². The fourth-order valence-corrected chi connectivity index (χ4v) is 10.8. The van der Waals surface area contributed by atoms with Crippen molar-refractivity contribution in [3.05, 3.63) is 138 Å². The van der Waals surface area contributed by atoms with E-state index in [1.165, 1.54) is 46.8 Å². The molecule has 4 aromatic carbocycles. The Morgan fingerprint density at radius 2 is 1.49 bits per heavy atom. The third-order valence-electron chi connectivity index (χ3n) is 8.32. The molecule has 47 heavy (non-hydrogen) atoms. The standard InChI is InChI=1S/C27H22NS.C15H18GeN.Ir/c1-17(2)20-12-13-28-25(16-20)23-11-7-10-22-24-15-21(19-8-5-4-6-9-19)14-18(3)26(24)29-27(22)23;1-12-10-15(13-8-6-5-7-9-13)17-11-14(12)16(2,3)4;/h4-10,12-17H,1-3H3;5-8,10-11H,1-4H3;/q2*-1;/i17D;;. The van der Waals surface area contributed by atoms with Crippen LogP contribution in [0.3, 0.4) is 0 Å². The van der Waals surface area contributed by atoms with Crippen molar-refractivity contribution in [2.45, 2.75) is 50.9 Å². The quantitative estimate of drug-likeness (QED) is 0.127. The number of aryl methyl sites for hydroxylation is 2. The molecule has 0 saturated carbocycles. The zero-order chi connectivity index (χ0) is 33.3. The van der Waals surface area contributed by atoms with Gasteiger partial charge in [-0.1, -0.05) is 67.3 Å². The van der Waals surface area contributed by atoms with Gasteiger partial charge in [0, 0.05) is 32.4 Å². The number of hydrogen-bond donors (Lipinski definition) is 0. The Labute approximate surface area is 301 Å². The first-order chi connectivity index (χ1) is 22.4. The zero-order valence-electron chi connectivity index (χ0n) is 29.0. The largest absolute Gasteiger partial charge is 0.305 e. The van der Waals surface area contributed by atoms with E-state index in [9.17, 15) is 0 Å². The van der Waals surface area contributed by atoms with E-state index < -0.39 is 19.2 Å². The molecular weight excluding hydrogens is 829 g/mol. The number of fused-ring (bicyclic) bond motifs is 3. The monoisotopic (exact) mass is 872 g/mol. The molecule has 3 aromatic heterocycles. The molecular formula is C42H40GeIrN2S-2. The van der Waals surface area contributed by atoms with Crippen LogP contribution in [-0.4, -0.2) is 23.2 Å². The van der Waals surface area contributed by atoms with E-state index in [0.29, 0.717) is 0 Å². The molecule has 0 N–H and O–H groups in total. The van der Waals surface area contributed by atoms with Crippen molar-refractivity contribution in [3.63, 3.8) is 0 Å². The van der Waals surface area contributed by atoms with Gasteiger partial charge in [-0.3, -0.25) is 0 Å². The van der Waals surface area contributed by atoms with Crippen LogP contribution in [0.5, 0.6) is 0 Å². The average Bonchev–Trinajstić information content (AvgIpc) is 3.44. The predicted octanol–water partition coefficient (Wildman–Crippen LogP) is 11.4. The third-order valence-corrected chi connectivity index (χ3v) is 14.2. The Morgan fingerprint density at radius 1 is 0.723 bits per heavy atom. The topological polar surface area (TPSA) is 25.8 Å². The van der Waals surface area contributed by atoms with E-state index >= 15 is 0 Å². The van der Waals surface area contributed by atoms with Crippen molar-refractivity contribution in [2.75, 3.05) is 0 Å². The summed E-state index contributed by atoms with van der Waals surface area (Å²) in [5.74, 6) is 6.54. The smallest absolute Gasteiger partial charge is 0.0346 e. The van der Waals surface area contributed by atoms with Crippen LogP contribution < -0.4 is 4.40 Å². The molecule has 5 heteroatoms. The third kappa shape index (κ3) is 7.68. The summed E-state index contributed by atoms with van der Waals surface area (Å²) >= 11 is 0.0363. The minimum Gasteiger partial charge on any atom is -0.305 e. The minimum absolute atomic E-state index is 0. The molecule has 2 nitrogen and oxygen atoms in total. The molecule has 0 saturated heterocycles. The van der Waals surface area contributed by atoms with Gasteiger partial charge in [-0.05, 0) is 57.4 Å². The van der Waals surface area contributed by atoms with Gasteiger partial charge in [0.05, 0.1) is 0 Å². The van der Waals surface area contributed by atoms with Crippen LogP contribution in [-0.2, 0) is 20.1 Å². The molecule has 0 aliphatic heterocycles. The van der Waals surface area contributed by atoms with Gasteiger partial charge in [-0.2, -0.15) is 11.3 Å². The van der Waals surface area contributed by atoms with Gasteiger partial charge in [-0.15, -0.1) is 23.8 Å². The first-order valence-corrected chi connectivity index (χ1v) is 23.9. The summed E-state index contributed by atoms with van der Waals surface area (Å²) in [4.78, 5) is 9.21. The molecule has 0 fully saturated rings. The maximum absolute atomic E-state index is 8.38. The zero-order valence-corrected chi connectivity index (χ0v) is 33.3. The summed E-state index contributed by atoms with van der Waals surface area (Å²) in [6.45, 7) is 8.20. The van der Waals surface area contributed by atoms with E-state index in [0.717, 1.165) is 28.1 Å². The Hall–Kier alpha value is -3.41. The number of aromatic nitrogens is 2. The van der Waals surface area contributed by atoms with Crippen LogP contribution in [0.25, 0.3) is 53.8 Å². The summed E-state index contributed by atoms with van der Waals surface area (Å²) in [5, 5.41) is 2.52. The van der Waals surface area contributed by atoms with E-state index in [-0.39, 0.29) is 20.1 Å². The second-order valence-electron chi connectivity index (χ2n) is 13.1. The van der Waals surface area contributed by atoms with Gasteiger partial charge in [0.25, 0.3) is 0 Å². The molecule has 239 valence electrons. The minimum atomic E-state index is -1.77. The normalized spacial score (nSPS) is 11.9. The van der Waals surface area contributed by atoms with Gasteiger partial charge >= 0.3 is 106 Å². The van der Waals surface area contributed by atoms with Crippen molar-refractivity contribution in [1.82, 2.24) is 9.97 Å². The maximum atomic E-state index is 8.38. The van der Waals surface area contributed by atoms with E-state index in [2.05, 4.69) is 120 Å². The van der Waals surface area contributed by atoms with Crippen LogP contribution in [0, 0.1) is 26.0 Å².